The molecule has 0 saturated heterocycles. The Morgan fingerprint density at radius 3 is 2.61 bits per heavy atom. The molecule has 1 amide bonds. The van der Waals surface area contributed by atoms with Crippen LogP contribution in [0.5, 0.6) is 11.5 Å². The van der Waals surface area contributed by atoms with Crippen molar-refractivity contribution in [3.05, 3.63) is 93.5 Å². The number of aryl methyl sites for hydroxylation is 1. The predicted molar refractivity (Wildman–Crippen MR) is 125 cm³/mol. The van der Waals surface area contributed by atoms with Gasteiger partial charge in [-0.05, 0) is 54.5 Å². The fourth-order valence-electron chi connectivity index (χ4n) is 2.94. The maximum Gasteiger partial charge on any atom is 0.266 e. The molecule has 0 fully saturated rings. The lowest BCUT2D eigenvalue weighted by molar-refractivity contribution is -0.112. The molecule has 0 atom stereocenters. The minimum Gasteiger partial charge on any atom is -0.493 e. The molecule has 0 aromatic heterocycles. The summed E-state index contributed by atoms with van der Waals surface area (Å²) in [6.45, 7) is 2.44. The van der Waals surface area contributed by atoms with E-state index in [1.165, 1.54) is 11.6 Å². The normalized spacial score (nSPS) is 10.8. The predicted octanol–water partition coefficient (Wildman–Crippen LogP) is 5.89. The summed E-state index contributed by atoms with van der Waals surface area (Å²) in [6.07, 6.45) is 1.51. The lowest BCUT2D eigenvalue weighted by atomic mass is 10.1. The van der Waals surface area contributed by atoms with E-state index < -0.39 is 5.91 Å². The topological polar surface area (TPSA) is 71.3 Å². The zero-order valence-electron chi connectivity index (χ0n) is 17.2. The van der Waals surface area contributed by atoms with Crippen LogP contribution in [0.4, 0.5) is 5.69 Å². The van der Waals surface area contributed by atoms with Crippen LogP contribution >= 0.6 is 15.9 Å². The van der Waals surface area contributed by atoms with E-state index in [4.69, 9.17) is 9.47 Å². The van der Waals surface area contributed by atoms with Crippen LogP contribution < -0.4 is 14.8 Å². The molecule has 0 saturated carbocycles. The van der Waals surface area contributed by atoms with Crippen LogP contribution in [-0.4, -0.2) is 13.0 Å². The second-order valence-corrected chi connectivity index (χ2v) is 7.74. The number of halogens is 1. The van der Waals surface area contributed by atoms with Crippen molar-refractivity contribution in [3.63, 3.8) is 0 Å². The number of amides is 1. The molecule has 3 aromatic rings. The van der Waals surface area contributed by atoms with Crippen molar-refractivity contribution in [2.24, 2.45) is 0 Å². The number of rotatable bonds is 7. The first kappa shape index (κ1) is 22.1. The number of hydrogen-bond acceptors (Lipinski definition) is 4. The Morgan fingerprint density at radius 1 is 1.10 bits per heavy atom. The number of benzene rings is 3. The number of nitrogens with one attached hydrogen (secondary N) is 1. The van der Waals surface area contributed by atoms with Crippen LogP contribution in [0.1, 0.15) is 16.7 Å². The van der Waals surface area contributed by atoms with Crippen LogP contribution in [-0.2, 0) is 11.4 Å². The van der Waals surface area contributed by atoms with E-state index >= 15 is 0 Å². The molecular weight excluding hydrogens is 456 g/mol. The summed E-state index contributed by atoms with van der Waals surface area (Å²) < 4.78 is 12.2. The highest BCUT2D eigenvalue weighted by atomic mass is 79.9. The summed E-state index contributed by atoms with van der Waals surface area (Å²) in [5.74, 6) is 0.615. The van der Waals surface area contributed by atoms with Crippen molar-refractivity contribution in [2.45, 2.75) is 13.5 Å². The summed E-state index contributed by atoms with van der Waals surface area (Å²) in [5, 5.41) is 12.2. The van der Waals surface area contributed by atoms with Crippen molar-refractivity contribution >= 4 is 33.6 Å². The second-order valence-electron chi connectivity index (χ2n) is 6.82. The molecule has 3 aromatic carbocycles. The molecule has 6 heteroatoms. The summed E-state index contributed by atoms with van der Waals surface area (Å²) in [4.78, 5) is 12.5. The second kappa shape index (κ2) is 10.5. The molecule has 156 valence electrons. The van der Waals surface area contributed by atoms with E-state index in [0.29, 0.717) is 29.4 Å². The fourth-order valence-corrected chi connectivity index (χ4v) is 3.34. The van der Waals surface area contributed by atoms with Crippen LogP contribution in [0.25, 0.3) is 6.08 Å². The number of methoxy groups -OCH3 is 1. The van der Waals surface area contributed by atoms with Gasteiger partial charge in [0.05, 0.1) is 7.11 Å². The first-order valence-corrected chi connectivity index (χ1v) is 10.3. The molecule has 0 spiro atoms. The van der Waals surface area contributed by atoms with Gasteiger partial charge in [-0.3, -0.25) is 4.79 Å². The number of nitriles is 1. The van der Waals surface area contributed by atoms with E-state index in [-0.39, 0.29) is 5.57 Å². The third-order valence-corrected chi connectivity index (χ3v) is 4.92. The smallest absolute Gasteiger partial charge is 0.266 e. The van der Waals surface area contributed by atoms with E-state index in [9.17, 15) is 10.1 Å². The van der Waals surface area contributed by atoms with Gasteiger partial charge in [-0.1, -0.05) is 57.9 Å². The molecule has 0 aliphatic carbocycles. The molecule has 5 nitrogen and oxygen atoms in total. The van der Waals surface area contributed by atoms with E-state index in [1.807, 2.05) is 37.3 Å². The van der Waals surface area contributed by atoms with E-state index in [0.717, 1.165) is 10.0 Å². The Hall–Kier alpha value is -3.56. The molecule has 0 aliphatic heterocycles. The zero-order chi connectivity index (χ0) is 22.2. The quantitative estimate of drug-likeness (QED) is 0.340. The van der Waals surface area contributed by atoms with Crippen molar-refractivity contribution < 1.29 is 14.3 Å². The average molecular weight is 477 g/mol. The standard InChI is InChI=1S/C25H21BrN2O3/c1-17-5-3-6-19(11-17)16-31-23-10-9-18(13-24(23)30-2)12-20(15-27)25(29)28-22-8-4-7-21(26)14-22/h3-14H,16H2,1-2H3,(H,28,29)/b20-12-. The number of ether oxygens (including phenoxy) is 2. The van der Waals surface area contributed by atoms with Crippen LogP contribution in [0.3, 0.4) is 0 Å². The molecule has 3 rings (SSSR count). The van der Waals surface area contributed by atoms with Gasteiger partial charge in [-0.15, -0.1) is 0 Å². The van der Waals surface area contributed by atoms with Gasteiger partial charge in [0.2, 0.25) is 0 Å². The van der Waals surface area contributed by atoms with Gasteiger partial charge in [0, 0.05) is 10.2 Å². The van der Waals surface area contributed by atoms with Gasteiger partial charge < -0.3 is 14.8 Å². The van der Waals surface area contributed by atoms with E-state index in [1.54, 1.807) is 43.5 Å². The fraction of sp³-hybridized carbons (Fsp3) is 0.120. The van der Waals surface area contributed by atoms with Crippen molar-refractivity contribution in [1.82, 2.24) is 0 Å². The van der Waals surface area contributed by atoms with Gasteiger partial charge in [0.25, 0.3) is 5.91 Å². The molecule has 31 heavy (non-hydrogen) atoms. The van der Waals surface area contributed by atoms with Crippen molar-refractivity contribution in [3.8, 4) is 17.6 Å². The largest absolute Gasteiger partial charge is 0.493 e. The molecule has 0 unspecified atom stereocenters. The number of nitrogens with zero attached hydrogens (tertiary/aromatic N) is 1. The molecule has 0 heterocycles. The minimum absolute atomic E-state index is 0.0181. The minimum atomic E-state index is -0.487. The molecule has 0 radical (unpaired) electrons. The Bertz CT molecular complexity index is 1170. The Balaban J connectivity index is 1.75. The van der Waals surface area contributed by atoms with Gasteiger partial charge in [-0.2, -0.15) is 5.26 Å². The SMILES string of the molecule is COc1cc(/C=C(/C#N)C(=O)Nc2cccc(Br)c2)ccc1OCc1cccc(C)c1. The van der Waals surface area contributed by atoms with Crippen LogP contribution in [0.2, 0.25) is 0 Å². The zero-order valence-corrected chi connectivity index (χ0v) is 18.8. The van der Waals surface area contributed by atoms with Gasteiger partial charge in [-0.25, -0.2) is 0 Å². The van der Waals surface area contributed by atoms with Gasteiger partial charge >= 0.3 is 0 Å². The Morgan fingerprint density at radius 2 is 1.90 bits per heavy atom. The van der Waals surface area contributed by atoms with Gasteiger partial charge in [0.15, 0.2) is 11.5 Å². The Labute approximate surface area is 190 Å². The summed E-state index contributed by atoms with van der Waals surface area (Å²) in [6, 6.07) is 22.5. The van der Waals surface area contributed by atoms with Crippen molar-refractivity contribution in [1.29, 1.82) is 5.26 Å². The lowest BCUT2D eigenvalue weighted by Crippen LogP contribution is -2.13. The van der Waals surface area contributed by atoms with Gasteiger partial charge in [0.1, 0.15) is 18.2 Å². The maximum absolute atomic E-state index is 12.5. The number of hydrogen-bond donors (Lipinski definition) is 1. The van der Waals surface area contributed by atoms with Crippen molar-refractivity contribution in [2.75, 3.05) is 12.4 Å². The highest BCUT2D eigenvalue weighted by molar-refractivity contribution is 9.10. The third-order valence-electron chi connectivity index (χ3n) is 4.42. The number of anilines is 1. The summed E-state index contributed by atoms with van der Waals surface area (Å²) in [5.41, 5.74) is 3.45. The molecule has 0 aliphatic rings. The number of carbonyl (C=O) groups excluding carboxylic acids is 1. The van der Waals surface area contributed by atoms with Crippen LogP contribution in [0.15, 0.2) is 76.8 Å². The molecule has 1 N–H and O–H groups in total. The van der Waals surface area contributed by atoms with Crippen LogP contribution in [0, 0.1) is 18.3 Å². The molecular formula is C25H21BrN2O3. The Kier molecular flexibility index (Phi) is 7.47. The monoisotopic (exact) mass is 476 g/mol. The highest BCUT2D eigenvalue weighted by Gasteiger charge is 2.11. The maximum atomic E-state index is 12.5. The number of carbonyl (C=O) groups is 1. The summed E-state index contributed by atoms with van der Waals surface area (Å²) in [7, 11) is 1.55. The first-order chi connectivity index (χ1) is 15.0. The molecule has 0 bridgehead atoms. The highest BCUT2D eigenvalue weighted by Crippen LogP contribution is 2.30. The average Bonchev–Trinajstić information content (AvgIpc) is 2.76. The lowest BCUT2D eigenvalue weighted by Gasteiger charge is -2.12. The first-order valence-electron chi connectivity index (χ1n) is 9.53. The third kappa shape index (κ3) is 6.21. The van der Waals surface area contributed by atoms with E-state index in [2.05, 4.69) is 27.3 Å². The summed E-state index contributed by atoms with van der Waals surface area (Å²) >= 11 is 3.36.